The molecule has 2 aromatic rings. The van der Waals surface area contributed by atoms with Gasteiger partial charge >= 0.3 is 0 Å². The number of nitrogens with zero attached hydrogens (tertiary/aromatic N) is 1. The standard InChI is InChI=1S/C21H28N2O3/c1-5-25-19-12-11-18(13-20(19)26-6-2)21(24)22-14-16-7-9-17(10-8-16)15-23(3)4/h7-13H,5-6,14-15H2,1-4H3,(H,22,24). The summed E-state index contributed by atoms with van der Waals surface area (Å²) < 4.78 is 11.1. The normalized spacial score (nSPS) is 10.7. The van der Waals surface area contributed by atoms with Crippen LogP contribution in [0.25, 0.3) is 0 Å². The molecule has 0 saturated heterocycles. The maximum Gasteiger partial charge on any atom is 0.251 e. The van der Waals surface area contributed by atoms with Crippen molar-refractivity contribution in [2.75, 3.05) is 27.3 Å². The number of nitrogens with one attached hydrogen (secondary N) is 1. The molecule has 140 valence electrons. The highest BCUT2D eigenvalue weighted by Gasteiger charge is 2.11. The zero-order chi connectivity index (χ0) is 18.9. The highest BCUT2D eigenvalue weighted by molar-refractivity contribution is 5.94. The van der Waals surface area contributed by atoms with Crippen LogP contribution in [0.3, 0.4) is 0 Å². The molecule has 0 aliphatic carbocycles. The predicted molar refractivity (Wildman–Crippen MR) is 104 cm³/mol. The molecule has 0 heterocycles. The molecule has 0 fully saturated rings. The highest BCUT2D eigenvalue weighted by Crippen LogP contribution is 2.28. The van der Waals surface area contributed by atoms with Crippen LogP contribution in [-0.4, -0.2) is 38.1 Å². The second-order valence-electron chi connectivity index (χ2n) is 6.26. The number of amides is 1. The summed E-state index contributed by atoms with van der Waals surface area (Å²) in [5.41, 5.74) is 2.87. The van der Waals surface area contributed by atoms with Crippen LogP contribution in [0.15, 0.2) is 42.5 Å². The average molecular weight is 356 g/mol. The quantitative estimate of drug-likeness (QED) is 0.747. The smallest absolute Gasteiger partial charge is 0.251 e. The van der Waals surface area contributed by atoms with Gasteiger partial charge in [-0.1, -0.05) is 24.3 Å². The van der Waals surface area contributed by atoms with Crippen LogP contribution < -0.4 is 14.8 Å². The number of benzene rings is 2. The number of hydrogen-bond donors (Lipinski definition) is 1. The molecule has 0 aliphatic heterocycles. The van der Waals surface area contributed by atoms with Crippen molar-refractivity contribution in [3.63, 3.8) is 0 Å². The van der Waals surface area contributed by atoms with Gasteiger partial charge in [-0.15, -0.1) is 0 Å². The number of carbonyl (C=O) groups excluding carboxylic acids is 1. The van der Waals surface area contributed by atoms with Gasteiger partial charge in [0.05, 0.1) is 13.2 Å². The van der Waals surface area contributed by atoms with Gasteiger partial charge in [0.15, 0.2) is 11.5 Å². The maximum atomic E-state index is 12.4. The fraction of sp³-hybridized carbons (Fsp3) is 0.381. The monoisotopic (exact) mass is 356 g/mol. The molecule has 26 heavy (non-hydrogen) atoms. The van der Waals surface area contributed by atoms with E-state index in [2.05, 4.69) is 22.3 Å². The molecule has 0 radical (unpaired) electrons. The van der Waals surface area contributed by atoms with E-state index < -0.39 is 0 Å². The van der Waals surface area contributed by atoms with Gasteiger partial charge in [0.25, 0.3) is 5.91 Å². The minimum Gasteiger partial charge on any atom is -0.490 e. The van der Waals surface area contributed by atoms with Crippen LogP contribution in [0.5, 0.6) is 11.5 Å². The molecule has 0 unspecified atom stereocenters. The van der Waals surface area contributed by atoms with Crippen molar-refractivity contribution in [1.29, 1.82) is 0 Å². The topological polar surface area (TPSA) is 50.8 Å². The number of carbonyl (C=O) groups is 1. The third-order valence-electron chi connectivity index (χ3n) is 3.78. The SMILES string of the molecule is CCOc1ccc(C(=O)NCc2ccc(CN(C)C)cc2)cc1OCC. The van der Waals surface area contributed by atoms with Gasteiger partial charge < -0.3 is 19.7 Å². The Morgan fingerprint density at radius 1 is 0.923 bits per heavy atom. The van der Waals surface area contributed by atoms with Crippen molar-refractivity contribution in [3.8, 4) is 11.5 Å². The van der Waals surface area contributed by atoms with Gasteiger partial charge in [-0.25, -0.2) is 0 Å². The van der Waals surface area contributed by atoms with Gasteiger partial charge in [-0.2, -0.15) is 0 Å². The first-order valence-electron chi connectivity index (χ1n) is 8.93. The average Bonchev–Trinajstić information content (AvgIpc) is 2.62. The van der Waals surface area contributed by atoms with E-state index in [1.165, 1.54) is 5.56 Å². The predicted octanol–water partition coefficient (Wildman–Crippen LogP) is 3.48. The van der Waals surface area contributed by atoms with Crippen LogP contribution in [-0.2, 0) is 13.1 Å². The van der Waals surface area contributed by atoms with E-state index in [9.17, 15) is 4.79 Å². The maximum absolute atomic E-state index is 12.4. The first-order valence-corrected chi connectivity index (χ1v) is 8.93. The third kappa shape index (κ3) is 5.77. The molecule has 2 rings (SSSR count). The molecular weight excluding hydrogens is 328 g/mol. The fourth-order valence-electron chi connectivity index (χ4n) is 2.60. The fourth-order valence-corrected chi connectivity index (χ4v) is 2.60. The Morgan fingerprint density at radius 2 is 1.54 bits per heavy atom. The zero-order valence-corrected chi connectivity index (χ0v) is 16.0. The summed E-state index contributed by atoms with van der Waals surface area (Å²) in [5.74, 6) is 1.11. The minimum absolute atomic E-state index is 0.133. The van der Waals surface area contributed by atoms with E-state index >= 15 is 0 Å². The summed E-state index contributed by atoms with van der Waals surface area (Å²) in [6, 6.07) is 13.5. The molecule has 1 amide bonds. The Hall–Kier alpha value is -2.53. The molecular formula is C21H28N2O3. The lowest BCUT2D eigenvalue weighted by atomic mass is 10.1. The summed E-state index contributed by atoms with van der Waals surface area (Å²) in [5, 5.41) is 2.95. The molecule has 0 aromatic heterocycles. The van der Waals surface area contributed by atoms with Gasteiger partial charge in [0.1, 0.15) is 0 Å². The molecule has 5 nitrogen and oxygen atoms in total. The molecule has 1 N–H and O–H groups in total. The van der Waals surface area contributed by atoms with Crippen molar-refractivity contribution in [2.24, 2.45) is 0 Å². The van der Waals surface area contributed by atoms with Gasteiger partial charge in [-0.3, -0.25) is 4.79 Å². The second kappa shape index (κ2) is 9.82. The molecule has 0 aliphatic rings. The van der Waals surface area contributed by atoms with Crippen molar-refractivity contribution in [2.45, 2.75) is 26.9 Å². The third-order valence-corrected chi connectivity index (χ3v) is 3.78. The summed E-state index contributed by atoms with van der Waals surface area (Å²) in [6.45, 7) is 6.28. The summed E-state index contributed by atoms with van der Waals surface area (Å²) in [4.78, 5) is 14.6. The van der Waals surface area contributed by atoms with Crippen LogP contribution in [0.4, 0.5) is 0 Å². The first-order chi connectivity index (χ1) is 12.5. The lowest BCUT2D eigenvalue weighted by molar-refractivity contribution is 0.0950. The van der Waals surface area contributed by atoms with Crippen molar-refractivity contribution in [3.05, 3.63) is 59.2 Å². The largest absolute Gasteiger partial charge is 0.490 e. The Kier molecular flexibility index (Phi) is 7.48. The van der Waals surface area contributed by atoms with Crippen molar-refractivity contribution >= 4 is 5.91 Å². The molecule has 0 saturated carbocycles. The number of hydrogen-bond acceptors (Lipinski definition) is 4. The van der Waals surface area contributed by atoms with E-state index in [-0.39, 0.29) is 5.91 Å². The zero-order valence-electron chi connectivity index (χ0n) is 16.0. The minimum atomic E-state index is -0.133. The van der Waals surface area contributed by atoms with E-state index in [1.807, 2.05) is 40.1 Å². The van der Waals surface area contributed by atoms with Crippen LogP contribution in [0.1, 0.15) is 35.3 Å². The van der Waals surface area contributed by atoms with E-state index in [0.717, 1.165) is 12.1 Å². The summed E-state index contributed by atoms with van der Waals surface area (Å²) in [7, 11) is 4.09. The highest BCUT2D eigenvalue weighted by atomic mass is 16.5. The Labute approximate surface area is 155 Å². The summed E-state index contributed by atoms with van der Waals surface area (Å²) in [6.07, 6.45) is 0. The molecule has 5 heteroatoms. The van der Waals surface area contributed by atoms with Gasteiger partial charge in [0.2, 0.25) is 0 Å². The number of rotatable bonds is 9. The van der Waals surface area contributed by atoms with E-state index in [0.29, 0.717) is 36.8 Å². The van der Waals surface area contributed by atoms with E-state index in [4.69, 9.17) is 9.47 Å². The first kappa shape index (κ1) is 19.8. The van der Waals surface area contributed by atoms with Crippen molar-refractivity contribution in [1.82, 2.24) is 10.2 Å². The molecule has 2 aromatic carbocycles. The molecule has 0 bridgehead atoms. The molecule has 0 atom stereocenters. The van der Waals surface area contributed by atoms with E-state index in [1.54, 1.807) is 18.2 Å². The lowest BCUT2D eigenvalue weighted by Crippen LogP contribution is -2.22. The lowest BCUT2D eigenvalue weighted by Gasteiger charge is -2.13. The Balaban J connectivity index is 1.99. The molecule has 0 spiro atoms. The van der Waals surface area contributed by atoms with Gasteiger partial charge in [0, 0.05) is 18.7 Å². The second-order valence-corrected chi connectivity index (χ2v) is 6.26. The Bertz CT molecular complexity index is 712. The Morgan fingerprint density at radius 3 is 2.15 bits per heavy atom. The van der Waals surface area contributed by atoms with Crippen LogP contribution in [0, 0.1) is 0 Å². The van der Waals surface area contributed by atoms with Gasteiger partial charge in [-0.05, 0) is 57.3 Å². The number of ether oxygens (including phenoxy) is 2. The van der Waals surface area contributed by atoms with Crippen LogP contribution in [0.2, 0.25) is 0 Å². The van der Waals surface area contributed by atoms with Crippen molar-refractivity contribution < 1.29 is 14.3 Å². The summed E-state index contributed by atoms with van der Waals surface area (Å²) >= 11 is 0. The van der Waals surface area contributed by atoms with Crippen LogP contribution >= 0.6 is 0 Å².